The van der Waals surface area contributed by atoms with Crippen molar-refractivity contribution in [2.75, 3.05) is 24.1 Å². The van der Waals surface area contributed by atoms with Crippen molar-refractivity contribution in [3.05, 3.63) is 77.6 Å². The quantitative estimate of drug-likeness (QED) is 0.425. The number of fused-ring (bicyclic) bond motifs is 1. The highest BCUT2D eigenvalue weighted by Gasteiger charge is 2.38. The van der Waals surface area contributed by atoms with Crippen LogP contribution in [0.2, 0.25) is 0 Å². The number of rotatable bonds is 7. The molecule has 0 bridgehead atoms. The van der Waals surface area contributed by atoms with Crippen LogP contribution in [-0.2, 0) is 16.2 Å². The van der Waals surface area contributed by atoms with E-state index in [0.717, 1.165) is 39.5 Å². The van der Waals surface area contributed by atoms with E-state index in [2.05, 4.69) is 4.74 Å². The fourth-order valence-corrected chi connectivity index (χ4v) is 5.44. The number of nitrogens with zero attached hydrogens (tertiary/aromatic N) is 2. The van der Waals surface area contributed by atoms with E-state index < -0.39 is 57.4 Å². The number of carbonyl (C=O) groups is 1. The molecule has 38 heavy (non-hydrogen) atoms. The number of sulfonamides is 1. The zero-order chi connectivity index (χ0) is 27.8. The number of carbonyl (C=O) groups excluding carboxylic acids is 1. The molecule has 0 saturated heterocycles. The molecule has 202 valence electrons. The van der Waals surface area contributed by atoms with Crippen molar-refractivity contribution in [2.24, 2.45) is 5.73 Å². The number of benzene rings is 3. The first-order chi connectivity index (χ1) is 17.8. The lowest BCUT2D eigenvalue weighted by molar-refractivity contribution is -0.137. The topological polar surface area (TPSA) is 92.9 Å². The maximum absolute atomic E-state index is 14.1. The Morgan fingerprint density at radius 2 is 1.74 bits per heavy atom. The molecule has 0 aromatic heterocycles. The minimum absolute atomic E-state index is 0.0210. The molecule has 0 unspecified atom stereocenters. The number of hydrogen-bond donors (Lipinski definition) is 1. The van der Waals surface area contributed by atoms with Crippen molar-refractivity contribution < 1.29 is 44.3 Å². The maximum Gasteiger partial charge on any atom is 0.416 e. The van der Waals surface area contributed by atoms with Gasteiger partial charge in [-0.25, -0.2) is 17.1 Å². The highest BCUT2D eigenvalue weighted by Crippen LogP contribution is 2.38. The van der Waals surface area contributed by atoms with E-state index in [9.17, 15) is 39.6 Å². The van der Waals surface area contributed by atoms with E-state index in [1.165, 1.54) is 18.2 Å². The summed E-state index contributed by atoms with van der Waals surface area (Å²) in [5.41, 5.74) is 4.21. The Labute approximate surface area is 213 Å². The molecule has 4 rings (SSSR count). The monoisotopic (exact) mass is 559 g/mol. The first-order valence-electron chi connectivity index (χ1n) is 10.9. The van der Waals surface area contributed by atoms with Gasteiger partial charge in [-0.1, -0.05) is 12.1 Å². The van der Waals surface area contributed by atoms with Gasteiger partial charge in [0, 0.05) is 19.2 Å². The molecule has 1 aliphatic rings. The second-order valence-corrected chi connectivity index (χ2v) is 10.0. The molecule has 1 amide bonds. The van der Waals surface area contributed by atoms with Gasteiger partial charge in [0.2, 0.25) is 0 Å². The summed E-state index contributed by atoms with van der Waals surface area (Å²) >= 11 is 0. The van der Waals surface area contributed by atoms with Crippen LogP contribution in [0, 0.1) is 5.82 Å². The minimum Gasteiger partial charge on any atom is -0.435 e. The van der Waals surface area contributed by atoms with Gasteiger partial charge in [-0.05, 0) is 53.6 Å². The summed E-state index contributed by atoms with van der Waals surface area (Å²) in [6.07, 6.45) is -4.81. The number of nitrogens with two attached hydrogens (primary N) is 1. The number of hydrogen-bond acceptors (Lipinski definition) is 5. The standard InChI is InChI=1S/C24H19F6N3O4S/c25-17-8-15(9-18(12-17)37-23(26)27)14-4-5-20-21(10-14)33(13-32(7-6-31)22(20)34)38(35,36)19-3-1-2-16(11-19)24(28,29)30/h1-5,8-12,23H,6-7,13,31H2. The second-order valence-electron chi connectivity index (χ2n) is 8.16. The van der Waals surface area contributed by atoms with Gasteiger partial charge in [-0.2, -0.15) is 22.0 Å². The van der Waals surface area contributed by atoms with Crippen LogP contribution >= 0.6 is 0 Å². The summed E-state index contributed by atoms with van der Waals surface area (Å²) in [5.74, 6) is -2.01. The molecule has 3 aromatic carbocycles. The molecule has 7 nitrogen and oxygen atoms in total. The smallest absolute Gasteiger partial charge is 0.416 e. The summed E-state index contributed by atoms with van der Waals surface area (Å²) in [6, 6.07) is 9.73. The van der Waals surface area contributed by atoms with E-state index in [0.29, 0.717) is 12.1 Å². The van der Waals surface area contributed by atoms with Crippen LogP contribution in [0.15, 0.2) is 65.6 Å². The fraction of sp³-hybridized carbons (Fsp3) is 0.208. The molecular formula is C24H19F6N3O4S. The Morgan fingerprint density at radius 3 is 2.39 bits per heavy atom. The minimum atomic E-state index is -4.81. The third-order valence-corrected chi connectivity index (χ3v) is 7.40. The van der Waals surface area contributed by atoms with Crippen LogP contribution in [0.25, 0.3) is 11.1 Å². The zero-order valence-electron chi connectivity index (χ0n) is 19.3. The van der Waals surface area contributed by atoms with Crippen LogP contribution < -0.4 is 14.8 Å². The SMILES string of the molecule is NCCN1CN(S(=O)(=O)c2cccc(C(F)(F)F)c2)c2cc(-c3cc(F)cc(OC(F)F)c3)ccc2C1=O. The van der Waals surface area contributed by atoms with Crippen LogP contribution in [0.1, 0.15) is 15.9 Å². The molecule has 3 aromatic rings. The largest absolute Gasteiger partial charge is 0.435 e. The molecule has 14 heteroatoms. The molecule has 1 heterocycles. The summed E-state index contributed by atoms with van der Waals surface area (Å²) in [5, 5.41) is 0. The molecule has 0 fully saturated rings. The predicted octanol–water partition coefficient (Wildman–Crippen LogP) is 4.68. The summed E-state index contributed by atoms with van der Waals surface area (Å²) in [6.45, 7) is -3.86. The van der Waals surface area contributed by atoms with Gasteiger partial charge in [0.25, 0.3) is 15.9 Å². The van der Waals surface area contributed by atoms with E-state index in [-0.39, 0.29) is 35.5 Å². The number of ether oxygens (including phenoxy) is 1. The Morgan fingerprint density at radius 1 is 1.00 bits per heavy atom. The van der Waals surface area contributed by atoms with Crippen molar-refractivity contribution in [1.82, 2.24) is 4.90 Å². The highest BCUT2D eigenvalue weighted by molar-refractivity contribution is 7.92. The van der Waals surface area contributed by atoms with Gasteiger partial charge in [-0.3, -0.25) is 4.79 Å². The third kappa shape index (κ3) is 5.41. The fourth-order valence-electron chi connectivity index (χ4n) is 3.96. The van der Waals surface area contributed by atoms with E-state index in [1.807, 2.05) is 0 Å². The number of halogens is 6. The predicted molar refractivity (Wildman–Crippen MR) is 125 cm³/mol. The summed E-state index contributed by atoms with van der Waals surface area (Å²) in [7, 11) is -4.66. The molecule has 0 radical (unpaired) electrons. The van der Waals surface area contributed by atoms with Crippen LogP contribution in [0.5, 0.6) is 5.75 Å². The first kappa shape index (κ1) is 27.3. The van der Waals surface area contributed by atoms with Crippen molar-refractivity contribution in [3.63, 3.8) is 0 Å². The Hall–Kier alpha value is -3.78. The van der Waals surface area contributed by atoms with Crippen LogP contribution in [0.4, 0.5) is 32.0 Å². The summed E-state index contributed by atoms with van der Waals surface area (Å²) < 4.78 is 111. The lowest BCUT2D eigenvalue weighted by Crippen LogP contribution is -2.50. The van der Waals surface area contributed by atoms with Crippen LogP contribution in [-0.4, -0.2) is 45.6 Å². The Balaban J connectivity index is 1.86. The Kier molecular flexibility index (Phi) is 7.30. The number of amides is 1. The first-order valence-corrected chi connectivity index (χ1v) is 12.3. The van der Waals surface area contributed by atoms with Crippen molar-refractivity contribution in [2.45, 2.75) is 17.7 Å². The van der Waals surface area contributed by atoms with Crippen LogP contribution in [0.3, 0.4) is 0 Å². The van der Waals surface area contributed by atoms with Gasteiger partial charge < -0.3 is 15.4 Å². The number of alkyl halides is 5. The lowest BCUT2D eigenvalue weighted by atomic mass is 10.0. The van der Waals surface area contributed by atoms with Gasteiger partial charge in [0.05, 0.1) is 21.7 Å². The summed E-state index contributed by atoms with van der Waals surface area (Å²) in [4.78, 5) is 13.5. The second kappa shape index (κ2) is 10.2. The zero-order valence-corrected chi connectivity index (χ0v) is 20.1. The van der Waals surface area contributed by atoms with Gasteiger partial charge >= 0.3 is 12.8 Å². The molecule has 0 saturated carbocycles. The molecule has 0 spiro atoms. The third-order valence-electron chi connectivity index (χ3n) is 5.66. The van der Waals surface area contributed by atoms with E-state index in [1.54, 1.807) is 0 Å². The molecule has 0 aliphatic carbocycles. The van der Waals surface area contributed by atoms with Crippen molar-refractivity contribution >= 4 is 21.6 Å². The van der Waals surface area contributed by atoms with Crippen molar-refractivity contribution in [1.29, 1.82) is 0 Å². The average Bonchev–Trinajstić information content (AvgIpc) is 2.84. The number of anilines is 1. The average molecular weight is 559 g/mol. The molecular weight excluding hydrogens is 540 g/mol. The molecule has 2 N–H and O–H groups in total. The lowest BCUT2D eigenvalue weighted by Gasteiger charge is -2.37. The molecule has 1 aliphatic heterocycles. The van der Waals surface area contributed by atoms with Crippen molar-refractivity contribution in [3.8, 4) is 16.9 Å². The van der Waals surface area contributed by atoms with Gasteiger partial charge in [0.1, 0.15) is 18.2 Å². The van der Waals surface area contributed by atoms with Gasteiger partial charge in [0.15, 0.2) is 0 Å². The van der Waals surface area contributed by atoms with E-state index in [4.69, 9.17) is 5.73 Å². The highest BCUT2D eigenvalue weighted by atomic mass is 32.2. The normalized spacial score (nSPS) is 14.2. The molecule has 0 atom stereocenters. The van der Waals surface area contributed by atoms with E-state index >= 15 is 0 Å². The Bertz CT molecular complexity index is 1480. The van der Waals surface area contributed by atoms with Gasteiger partial charge in [-0.15, -0.1) is 0 Å². The maximum atomic E-state index is 14.1.